The number of piperazine rings is 1. The topological polar surface area (TPSA) is 81.8 Å². The molecule has 4 unspecified atom stereocenters. The number of nitrogens with one attached hydrogen (secondary N) is 2. The molecule has 0 bridgehead atoms. The Balaban J connectivity index is 1.18. The van der Waals surface area contributed by atoms with Gasteiger partial charge in [-0.3, -0.25) is 19.3 Å². The van der Waals surface area contributed by atoms with E-state index in [1.54, 1.807) is 12.1 Å². The van der Waals surface area contributed by atoms with Crippen molar-refractivity contribution in [3.63, 3.8) is 0 Å². The molecule has 44 heavy (non-hydrogen) atoms. The largest absolute Gasteiger partial charge is 0.343 e. The summed E-state index contributed by atoms with van der Waals surface area (Å²) in [5, 5.41) is 7.85. The molecule has 2 N–H and O–H groups in total. The summed E-state index contributed by atoms with van der Waals surface area (Å²) >= 11 is 12.5. The lowest BCUT2D eigenvalue weighted by Crippen LogP contribution is -2.61. The van der Waals surface area contributed by atoms with Gasteiger partial charge in [-0.2, -0.15) is 0 Å². The molecule has 2 aliphatic heterocycles. The second-order valence-electron chi connectivity index (χ2n) is 12.2. The van der Waals surface area contributed by atoms with Crippen LogP contribution in [0.1, 0.15) is 35.1 Å². The van der Waals surface area contributed by atoms with E-state index < -0.39 is 12.1 Å². The number of ketones is 1. The normalized spacial score (nSPS) is 22.3. The number of hydrogen-bond donors (Lipinski definition) is 2. The van der Waals surface area contributed by atoms with Crippen LogP contribution in [0, 0.1) is 5.92 Å². The Hall–Kier alpha value is -3.23. The third-order valence-corrected chi connectivity index (χ3v) is 9.79. The van der Waals surface area contributed by atoms with Crippen LogP contribution in [-0.4, -0.2) is 71.7 Å². The summed E-state index contributed by atoms with van der Waals surface area (Å²) in [4.78, 5) is 44.3. The number of fused-ring (bicyclic) bond motifs is 1. The molecule has 0 aromatic heterocycles. The Kier molecular flexibility index (Phi) is 9.67. The van der Waals surface area contributed by atoms with E-state index in [1.807, 2.05) is 53.4 Å². The van der Waals surface area contributed by atoms with E-state index in [0.29, 0.717) is 56.9 Å². The van der Waals surface area contributed by atoms with Gasteiger partial charge in [0.2, 0.25) is 11.8 Å². The molecule has 6 rings (SSSR count). The Bertz CT molecular complexity index is 1510. The molecule has 4 atom stereocenters. The van der Waals surface area contributed by atoms with Crippen LogP contribution in [-0.2, 0) is 40.2 Å². The van der Waals surface area contributed by atoms with Gasteiger partial charge in [0, 0.05) is 67.6 Å². The van der Waals surface area contributed by atoms with Crippen LogP contribution < -0.4 is 10.6 Å². The fourth-order valence-electron chi connectivity index (χ4n) is 6.49. The lowest BCUT2D eigenvalue weighted by atomic mass is 9.95. The maximum absolute atomic E-state index is 14.4. The Morgan fingerprint density at radius 1 is 0.932 bits per heavy atom. The van der Waals surface area contributed by atoms with Crippen molar-refractivity contribution >= 4 is 40.8 Å². The number of Topliss-reactive ketones (excluding diaryl/α,β-unsaturated/α-hetero) is 1. The summed E-state index contributed by atoms with van der Waals surface area (Å²) in [7, 11) is 0. The number of amides is 2. The minimum absolute atomic E-state index is 0.00892. The lowest BCUT2D eigenvalue weighted by Gasteiger charge is -2.43. The predicted molar refractivity (Wildman–Crippen MR) is 173 cm³/mol. The summed E-state index contributed by atoms with van der Waals surface area (Å²) in [6.07, 6.45) is 2.97. The average molecular weight is 634 g/mol. The first-order chi connectivity index (χ1) is 21.3. The highest BCUT2D eigenvalue weighted by atomic mass is 35.5. The molecule has 2 fully saturated rings. The van der Waals surface area contributed by atoms with Crippen molar-refractivity contribution in [2.45, 2.75) is 56.8 Å². The van der Waals surface area contributed by atoms with Gasteiger partial charge in [0.15, 0.2) is 0 Å². The molecule has 0 radical (unpaired) electrons. The SMILES string of the molecule is O=C1CC1CC1CN(CCc2ccccc2Cl)CCN1C(=O)C(Cc1ccc(Cl)cc1)NC(=O)C1Cc2ccccc2CN1. The van der Waals surface area contributed by atoms with Crippen molar-refractivity contribution in [1.29, 1.82) is 0 Å². The van der Waals surface area contributed by atoms with Gasteiger partial charge in [-0.25, -0.2) is 0 Å². The van der Waals surface area contributed by atoms with Gasteiger partial charge in [0.1, 0.15) is 11.8 Å². The molecule has 1 saturated heterocycles. The van der Waals surface area contributed by atoms with Crippen LogP contribution in [0.4, 0.5) is 0 Å². The first-order valence-electron chi connectivity index (χ1n) is 15.5. The Morgan fingerprint density at radius 2 is 1.66 bits per heavy atom. The third-order valence-electron chi connectivity index (χ3n) is 9.17. The number of hydrogen-bond acceptors (Lipinski definition) is 5. The second-order valence-corrected chi connectivity index (χ2v) is 13.1. The standard InChI is InChI=1S/C35H38Cl2N4O3/c36-28-11-9-23(10-12-28)17-32(39-34(43)31-19-25-6-1-2-7-26(25)21-38-31)35(44)41-16-15-40(22-29(41)18-27-20-33(27)42)14-13-24-5-3-4-8-30(24)37/h1-12,27,29,31-32,38H,13-22H2,(H,39,43). The third kappa shape index (κ3) is 7.52. The molecule has 3 aromatic rings. The molecule has 3 aromatic carbocycles. The van der Waals surface area contributed by atoms with Crippen molar-refractivity contribution in [2.24, 2.45) is 5.92 Å². The summed E-state index contributed by atoms with van der Waals surface area (Å²) in [6, 6.07) is 22.1. The molecule has 0 spiro atoms. The van der Waals surface area contributed by atoms with Gasteiger partial charge < -0.3 is 15.5 Å². The molecule has 9 heteroatoms. The zero-order valence-electron chi connectivity index (χ0n) is 24.7. The van der Waals surface area contributed by atoms with Gasteiger partial charge in [0.25, 0.3) is 0 Å². The van der Waals surface area contributed by atoms with Crippen molar-refractivity contribution in [3.8, 4) is 0 Å². The first kappa shape index (κ1) is 30.8. The van der Waals surface area contributed by atoms with Crippen LogP contribution >= 0.6 is 23.2 Å². The highest BCUT2D eigenvalue weighted by molar-refractivity contribution is 6.31. The van der Waals surface area contributed by atoms with Gasteiger partial charge >= 0.3 is 0 Å². The smallest absolute Gasteiger partial charge is 0.245 e. The monoisotopic (exact) mass is 632 g/mol. The van der Waals surface area contributed by atoms with E-state index in [9.17, 15) is 14.4 Å². The summed E-state index contributed by atoms with van der Waals surface area (Å²) in [5.41, 5.74) is 4.36. The van der Waals surface area contributed by atoms with Crippen LogP contribution in [0.3, 0.4) is 0 Å². The molecular formula is C35H38Cl2N4O3. The fourth-order valence-corrected chi connectivity index (χ4v) is 6.85. The number of rotatable bonds is 10. The maximum atomic E-state index is 14.4. The van der Waals surface area contributed by atoms with E-state index in [4.69, 9.17) is 23.2 Å². The van der Waals surface area contributed by atoms with Crippen LogP contribution in [0.25, 0.3) is 0 Å². The molecule has 1 saturated carbocycles. The van der Waals surface area contributed by atoms with Crippen molar-refractivity contribution in [2.75, 3.05) is 26.2 Å². The van der Waals surface area contributed by atoms with E-state index in [2.05, 4.69) is 27.7 Å². The van der Waals surface area contributed by atoms with Crippen LogP contribution in [0.15, 0.2) is 72.8 Å². The number of carbonyl (C=O) groups excluding carboxylic acids is 3. The van der Waals surface area contributed by atoms with Gasteiger partial charge in [0.05, 0.1) is 6.04 Å². The van der Waals surface area contributed by atoms with Crippen LogP contribution in [0.2, 0.25) is 10.0 Å². The zero-order chi connectivity index (χ0) is 30.6. The highest BCUT2D eigenvalue weighted by Gasteiger charge is 2.42. The number of carbonyl (C=O) groups is 3. The number of nitrogens with zero attached hydrogens (tertiary/aromatic N) is 2. The van der Waals surface area contributed by atoms with E-state index in [0.717, 1.165) is 34.7 Å². The molecular weight excluding hydrogens is 595 g/mol. The summed E-state index contributed by atoms with van der Waals surface area (Å²) < 4.78 is 0. The highest BCUT2D eigenvalue weighted by Crippen LogP contribution is 2.32. The van der Waals surface area contributed by atoms with Crippen LogP contribution in [0.5, 0.6) is 0 Å². The zero-order valence-corrected chi connectivity index (χ0v) is 26.2. The summed E-state index contributed by atoms with van der Waals surface area (Å²) in [5.74, 6) is -0.0117. The average Bonchev–Trinajstić information content (AvgIpc) is 3.74. The van der Waals surface area contributed by atoms with E-state index in [1.165, 1.54) is 5.56 Å². The Labute approximate surface area is 268 Å². The fraction of sp³-hybridized carbons (Fsp3) is 0.400. The number of halogens is 2. The molecule has 7 nitrogen and oxygen atoms in total. The molecule has 2 amide bonds. The molecule has 3 aliphatic rings. The van der Waals surface area contributed by atoms with E-state index >= 15 is 0 Å². The van der Waals surface area contributed by atoms with Gasteiger partial charge in [-0.1, -0.05) is 77.8 Å². The maximum Gasteiger partial charge on any atom is 0.245 e. The summed E-state index contributed by atoms with van der Waals surface area (Å²) in [6.45, 7) is 3.36. The minimum atomic E-state index is -0.741. The minimum Gasteiger partial charge on any atom is -0.343 e. The van der Waals surface area contributed by atoms with Crippen molar-refractivity contribution in [1.82, 2.24) is 20.4 Å². The second kappa shape index (κ2) is 13.8. The van der Waals surface area contributed by atoms with E-state index in [-0.39, 0.29) is 29.6 Å². The molecule has 1 aliphatic carbocycles. The lowest BCUT2D eigenvalue weighted by molar-refractivity contribution is -0.141. The van der Waals surface area contributed by atoms with Gasteiger partial charge in [-0.05, 0) is 59.7 Å². The molecule has 230 valence electrons. The van der Waals surface area contributed by atoms with Crippen molar-refractivity contribution in [3.05, 3.63) is 105 Å². The van der Waals surface area contributed by atoms with Gasteiger partial charge in [-0.15, -0.1) is 0 Å². The first-order valence-corrected chi connectivity index (χ1v) is 16.2. The predicted octanol–water partition coefficient (Wildman–Crippen LogP) is 4.47. The quantitative estimate of drug-likeness (QED) is 0.345. The Morgan fingerprint density at radius 3 is 2.41 bits per heavy atom. The van der Waals surface area contributed by atoms with Crippen molar-refractivity contribution < 1.29 is 14.4 Å². The molecule has 2 heterocycles. The number of benzene rings is 3.